The number of nitrogens with zero attached hydrogens (tertiary/aromatic N) is 1. The molecule has 0 spiro atoms. The summed E-state index contributed by atoms with van der Waals surface area (Å²) in [7, 11) is 0. The van der Waals surface area contributed by atoms with Crippen molar-refractivity contribution in [2.75, 3.05) is 19.6 Å². The van der Waals surface area contributed by atoms with E-state index in [0.717, 1.165) is 18.6 Å². The van der Waals surface area contributed by atoms with E-state index in [-0.39, 0.29) is 18.1 Å². The van der Waals surface area contributed by atoms with Crippen LogP contribution in [0.1, 0.15) is 37.0 Å². The lowest BCUT2D eigenvalue weighted by Gasteiger charge is -2.31. The first kappa shape index (κ1) is 20.7. The van der Waals surface area contributed by atoms with Crippen molar-refractivity contribution in [2.24, 2.45) is 5.92 Å². The molecule has 1 N–H and O–H groups in total. The molecule has 2 aromatic rings. The van der Waals surface area contributed by atoms with Crippen molar-refractivity contribution in [2.45, 2.75) is 32.8 Å². The lowest BCUT2D eigenvalue weighted by Crippen LogP contribution is -2.42. The zero-order valence-electron chi connectivity index (χ0n) is 17.0. The fourth-order valence-corrected chi connectivity index (χ4v) is 3.27. The molecule has 2 aromatic carbocycles. The van der Waals surface area contributed by atoms with E-state index in [9.17, 15) is 9.59 Å². The molecular weight excluding hydrogens is 368 g/mol. The van der Waals surface area contributed by atoms with Gasteiger partial charge in [-0.3, -0.25) is 4.79 Å². The van der Waals surface area contributed by atoms with Gasteiger partial charge in [-0.1, -0.05) is 18.2 Å². The zero-order valence-corrected chi connectivity index (χ0v) is 17.0. The molecule has 2 amide bonds. The molecule has 0 aliphatic carbocycles. The Labute approximate surface area is 171 Å². The van der Waals surface area contributed by atoms with Crippen LogP contribution >= 0.6 is 0 Å². The number of hydrogen-bond donors (Lipinski definition) is 1. The standard InChI is InChI=1S/C23H28N2O4/c1-17(2)28-21-10-8-19(9-11-21)22(26)24-16-18-12-14-25(15-13-18)23(27)29-20-6-4-3-5-7-20/h3-11,17-18H,12-16H2,1-2H3,(H,24,26). The lowest BCUT2D eigenvalue weighted by atomic mass is 9.97. The van der Waals surface area contributed by atoms with Gasteiger partial charge >= 0.3 is 6.09 Å². The fourth-order valence-electron chi connectivity index (χ4n) is 3.27. The van der Waals surface area contributed by atoms with Gasteiger partial charge in [0.2, 0.25) is 0 Å². The maximum absolute atomic E-state index is 12.4. The third-order valence-corrected chi connectivity index (χ3v) is 4.86. The maximum atomic E-state index is 12.4. The van der Waals surface area contributed by atoms with Gasteiger partial charge in [0.15, 0.2) is 0 Å². The van der Waals surface area contributed by atoms with Crippen molar-refractivity contribution in [1.82, 2.24) is 10.2 Å². The van der Waals surface area contributed by atoms with Gasteiger partial charge in [-0.2, -0.15) is 0 Å². The van der Waals surface area contributed by atoms with Crippen molar-refractivity contribution in [3.63, 3.8) is 0 Å². The van der Waals surface area contributed by atoms with Crippen molar-refractivity contribution >= 4 is 12.0 Å². The van der Waals surface area contributed by atoms with Crippen LogP contribution in [0.5, 0.6) is 11.5 Å². The normalized spacial score (nSPS) is 14.5. The second-order valence-electron chi connectivity index (χ2n) is 7.51. The van der Waals surface area contributed by atoms with Crippen LogP contribution in [0, 0.1) is 5.92 Å². The Morgan fingerprint density at radius 2 is 1.66 bits per heavy atom. The number of carbonyl (C=O) groups excluding carboxylic acids is 2. The highest BCUT2D eigenvalue weighted by molar-refractivity contribution is 5.94. The number of likely N-dealkylation sites (tertiary alicyclic amines) is 1. The summed E-state index contributed by atoms with van der Waals surface area (Å²) < 4.78 is 11.0. The van der Waals surface area contributed by atoms with E-state index < -0.39 is 0 Å². The molecule has 0 aromatic heterocycles. The summed E-state index contributed by atoms with van der Waals surface area (Å²) in [6, 6.07) is 16.3. The average molecular weight is 396 g/mol. The Balaban J connectivity index is 1.40. The summed E-state index contributed by atoms with van der Waals surface area (Å²) in [5.41, 5.74) is 0.616. The van der Waals surface area contributed by atoms with E-state index in [4.69, 9.17) is 9.47 Å². The molecule has 154 valence electrons. The van der Waals surface area contributed by atoms with Gasteiger partial charge in [-0.15, -0.1) is 0 Å². The first-order valence-electron chi connectivity index (χ1n) is 10.1. The van der Waals surface area contributed by atoms with E-state index in [1.807, 2.05) is 44.2 Å². The molecular formula is C23H28N2O4. The summed E-state index contributed by atoms with van der Waals surface area (Å²) >= 11 is 0. The van der Waals surface area contributed by atoms with E-state index in [2.05, 4.69) is 5.32 Å². The topological polar surface area (TPSA) is 67.9 Å². The summed E-state index contributed by atoms with van der Waals surface area (Å²) in [6.07, 6.45) is 1.46. The molecule has 0 atom stereocenters. The van der Waals surface area contributed by atoms with Crippen LogP contribution in [-0.2, 0) is 0 Å². The SMILES string of the molecule is CC(C)Oc1ccc(C(=O)NCC2CCN(C(=O)Oc3ccccc3)CC2)cc1. The molecule has 0 unspecified atom stereocenters. The van der Waals surface area contributed by atoms with E-state index in [0.29, 0.717) is 36.9 Å². The number of piperidine rings is 1. The average Bonchev–Trinajstić information content (AvgIpc) is 2.73. The van der Waals surface area contributed by atoms with Gasteiger partial charge in [-0.25, -0.2) is 4.79 Å². The Morgan fingerprint density at radius 3 is 2.28 bits per heavy atom. The summed E-state index contributed by atoms with van der Waals surface area (Å²) in [6.45, 7) is 5.80. The van der Waals surface area contributed by atoms with Gasteiger partial charge in [0, 0.05) is 25.2 Å². The highest BCUT2D eigenvalue weighted by Crippen LogP contribution is 2.19. The molecule has 29 heavy (non-hydrogen) atoms. The lowest BCUT2D eigenvalue weighted by molar-refractivity contribution is 0.0931. The maximum Gasteiger partial charge on any atom is 0.415 e. The predicted octanol–water partition coefficient (Wildman–Crippen LogP) is 4.11. The molecule has 1 aliphatic rings. The minimum atomic E-state index is -0.317. The van der Waals surface area contributed by atoms with Crippen LogP contribution < -0.4 is 14.8 Å². The third-order valence-electron chi connectivity index (χ3n) is 4.86. The largest absolute Gasteiger partial charge is 0.491 e. The number of benzene rings is 2. The van der Waals surface area contributed by atoms with Crippen LogP contribution in [0.3, 0.4) is 0 Å². The zero-order chi connectivity index (χ0) is 20.6. The van der Waals surface area contributed by atoms with Crippen molar-refractivity contribution in [1.29, 1.82) is 0 Å². The van der Waals surface area contributed by atoms with Crippen LogP contribution in [-0.4, -0.2) is 42.6 Å². The van der Waals surface area contributed by atoms with Gasteiger partial charge in [0.25, 0.3) is 5.91 Å². The first-order valence-corrected chi connectivity index (χ1v) is 10.1. The van der Waals surface area contributed by atoms with Crippen LogP contribution in [0.25, 0.3) is 0 Å². The number of carbonyl (C=O) groups is 2. The summed E-state index contributed by atoms with van der Waals surface area (Å²) in [5.74, 6) is 1.57. The van der Waals surface area contributed by atoms with E-state index >= 15 is 0 Å². The predicted molar refractivity (Wildman–Crippen MR) is 111 cm³/mol. The van der Waals surface area contributed by atoms with E-state index in [1.54, 1.807) is 29.2 Å². The minimum absolute atomic E-state index is 0.0907. The molecule has 0 bridgehead atoms. The monoisotopic (exact) mass is 396 g/mol. The molecule has 3 rings (SSSR count). The molecule has 1 aliphatic heterocycles. The van der Waals surface area contributed by atoms with Crippen molar-refractivity contribution in [3.05, 3.63) is 60.2 Å². The Hall–Kier alpha value is -3.02. The molecule has 1 fully saturated rings. The summed E-state index contributed by atoms with van der Waals surface area (Å²) in [5, 5.41) is 3.00. The molecule has 1 heterocycles. The molecule has 6 nitrogen and oxygen atoms in total. The van der Waals surface area contributed by atoms with Crippen molar-refractivity contribution < 1.29 is 19.1 Å². The number of hydrogen-bond acceptors (Lipinski definition) is 4. The Bertz CT molecular complexity index is 797. The molecule has 0 saturated carbocycles. The minimum Gasteiger partial charge on any atom is -0.491 e. The Kier molecular flexibility index (Phi) is 7.11. The smallest absolute Gasteiger partial charge is 0.415 e. The van der Waals surface area contributed by atoms with Crippen LogP contribution in [0.15, 0.2) is 54.6 Å². The van der Waals surface area contributed by atoms with Gasteiger partial charge in [-0.05, 0) is 69.0 Å². The molecule has 1 saturated heterocycles. The molecule has 0 radical (unpaired) electrons. The second-order valence-corrected chi connectivity index (χ2v) is 7.51. The van der Waals surface area contributed by atoms with Gasteiger partial charge < -0.3 is 19.7 Å². The number of para-hydroxylation sites is 1. The fraction of sp³-hybridized carbons (Fsp3) is 0.391. The van der Waals surface area contributed by atoms with Gasteiger partial charge in [0.05, 0.1) is 6.10 Å². The first-order chi connectivity index (χ1) is 14.0. The number of ether oxygens (including phenoxy) is 2. The van der Waals surface area contributed by atoms with Gasteiger partial charge in [0.1, 0.15) is 11.5 Å². The number of amides is 2. The Morgan fingerprint density at radius 1 is 1.00 bits per heavy atom. The van der Waals surface area contributed by atoms with E-state index in [1.165, 1.54) is 0 Å². The quantitative estimate of drug-likeness (QED) is 0.798. The highest BCUT2D eigenvalue weighted by Gasteiger charge is 2.24. The van der Waals surface area contributed by atoms with Crippen molar-refractivity contribution in [3.8, 4) is 11.5 Å². The highest BCUT2D eigenvalue weighted by atomic mass is 16.6. The number of nitrogens with one attached hydrogen (secondary N) is 1. The second kappa shape index (κ2) is 9.96. The summed E-state index contributed by atoms with van der Waals surface area (Å²) in [4.78, 5) is 26.3. The third kappa shape index (κ3) is 6.24. The van der Waals surface area contributed by atoms with Crippen LogP contribution in [0.2, 0.25) is 0 Å². The molecule has 6 heteroatoms. The van der Waals surface area contributed by atoms with Crippen LogP contribution in [0.4, 0.5) is 4.79 Å². The number of rotatable bonds is 6.